The number of fused-ring (bicyclic) bond motifs is 1. The van der Waals surface area contributed by atoms with E-state index in [-0.39, 0.29) is 0 Å². The first-order valence-corrected chi connectivity index (χ1v) is 6.57. The van der Waals surface area contributed by atoms with Crippen molar-refractivity contribution in [1.82, 2.24) is 9.38 Å². The highest BCUT2D eigenvalue weighted by molar-refractivity contribution is 6.36. The van der Waals surface area contributed by atoms with Gasteiger partial charge in [-0.2, -0.15) is 0 Å². The van der Waals surface area contributed by atoms with Gasteiger partial charge in [0.25, 0.3) is 0 Å². The summed E-state index contributed by atoms with van der Waals surface area (Å²) in [4.78, 5) is 4.42. The third-order valence-electron chi connectivity index (χ3n) is 2.92. The summed E-state index contributed by atoms with van der Waals surface area (Å²) in [5, 5.41) is 0.953. The van der Waals surface area contributed by atoms with Crippen molar-refractivity contribution >= 4 is 34.7 Å². The number of aryl methyl sites for hydroxylation is 1. The number of hydrogen-bond donors (Lipinski definition) is 1. The molecule has 4 nitrogen and oxygen atoms in total. The van der Waals surface area contributed by atoms with Crippen molar-refractivity contribution in [3.63, 3.8) is 0 Å². The molecule has 0 radical (unpaired) electrons. The van der Waals surface area contributed by atoms with Gasteiger partial charge in [-0.05, 0) is 18.2 Å². The second kappa shape index (κ2) is 4.47. The van der Waals surface area contributed by atoms with Crippen LogP contribution in [0.5, 0.6) is 0 Å². The lowest BCUT2D eigenvalue weighted by Gasteiger charge is -1.99. The summed E-state index contributed by atoms with van der Waals surface area (Å²) in [6.45, 7) is 2.02. The number of halogens is 2. The first kappa shape index (κ1) is 12.4. The zero-order valence-electron chi connectivity index (χ0n) is 10.2. The second-order valence-corrected chi connectivity index (χ2v) is 5.01. The van der Waals surface area contributed by atoms with Gasteiger partial charge in [-0.15, -0.1) is 0 Å². The lowest BCUT2D eigenvalue weighted by Crippen LogP contribution is -1.94. The maximum absolute atomic E-state index is 6.11. The van der Waals surface area contributed by atoms with Crippen LogP contribution >= 0.6 is 23.2 Å². The predicted molar refractivity (Wildman–Crippen MR) is 76.7 cm³/mol. The minimum Gasteiger partial charge on any atom is -0.459 e. The van der Waals surface area contributed by atoms with Crippen LogP contribution in [-0.2, 0) is 6.42 Å². The molecular formula is C13H11Cl2N3O. The van der Waals surface area contributed by atoms with Gasteiger partial charge in [-0.25, -0.2) is 4.98 Å². The fourth-order valence-electron chi connectivity index (χ4n) is 1.97. The number of anilines is 1. The zero-order valence-corrected chi connectivity index (χ0v) is 11.7. The van der Waals surface area contributed by atoms with E-state index in [0.29, 0.717) is 33.0 Å². The van der Waals surface area contributed by atoms with Gasteiger partial charge < -0.3 is 10.2 Å². The lowest BCUT2D eigenvalue weighted by molar-refractivity contribution is 0.528. The number of nitrogens with zero attached hydrogens (tertiary/aromatic N) is 2. The first-order valence-electron chi connectivity index (χ1n) is 5.81. The van der Waals surface area contributed by atoms with E-state index < -0.39 is 0 Å². The molecule has 0 fully saturated rings. The van der Waals surface area contributed by atoms with Gasteiger partial charge in [-0.3, -0.25) is 4.40 Å². The number of aromatic nitrogens is 2. The van der Waals surface area contributed by atoms with Crippen molar-refractivity contribution in [2.75, 3.05) is 5.73 Å². The summed E-state index contributed by atoms with van der Waals surface area (Å²) in [6, 6.07) is 5.40. The molecule has 0 spiro atoms. The molecule has 2 N–H and O–H groups in total. The van der Waals surface area contributed by atoms with E-state index in [9.17, 15) is 0 Å². The summed E-state index contributed by atoms with van der Waals surface area (Å²) in [7, 11) is 0. The summed E-state index contributed by atoms with van der Waals surface area (Å²) in [5.74, 6) is 1.97. The van der Waals surface area contributed by atoms with E-state index in [1.54, 1.807) is 16.7 Å². The van der Waals surface area contributed by atoms with Crippen molar-refractivity contribution in [3.8, 4) is 11.5 Å². The number of furan rings is 1. The summed E-state index contributed by atoms with van der Waals surface area (Å²) in [5.41, 5.74) is 7.22. The van der Waals surface area contributed by atoms with Crippen LogP contribution in [0.3, 0.4) is 0 Å². The van der Waals surface area contributed by atoms with Crippen LogP contribution in [0.25, 0.3) is 17.1 Å². The average molecular weight is 296 g/mol. The number of nitrogens with two attached hydrogens (primary N) is 1. The van der Waals surface area contributed by atoms with Crippen molar-refractivity contribution < 1.29 is 4.42 Å². The molecule has 0 aliphatic rings. The number of pyridine rings is 1. The Morgan fingerprint density at radius 2 is 2.16 bits per heavy atom. The molecule has 3 aromatic heterocycles. The molecule has 0 bridgehead atoms. The average Bonchev–Trinajstić information content (AvgIpc) is 2.95. The zero-order chi connectivity index (χ0) is 13.6. The molecule has 0 saturated heterocycles. The van der Waals surface area contributed by atoms with Crippen LogP contribution in [0.2, 0.25) is 10.0 Å². The summed E-state index contributed by atoms with van der Waals surface area (Å²) >= 11 is 12.1. The van der Waals surface area contributed by atoms with Gasteiger partial charge in [0.05, 0.1) is 10.0 Å². The largest absolute Gasteiger partial charge is 0.459 e. The van der Waals surface area contributed by atoms with E-state index in [0.717, 1.165) is 12.2 Å². The second-order valence-electron chi connectivity index (χ2n) is 4.17. The fourth-order valence-corrected chi connectivity index (χ4v) is 2.48. The third kappa shape index (κ3) is 1.97. The van der Waals surface area contributed by atoms with Gasteiger partial charge in [0.2, 0.25) is 0 Å². The van der Waals surface area contributed by atoms with E-state index in [1.165, 1.54) is 0 Å². The van der Waals surface area contributed by atoms with Crippen LogP contribution < -0.4 is 5.73 Å². The predicted octanol–water partition coefficient (Wildman–Crippen LogP) is 4.05. The normalized spacial score (nSPS) is 11.3. The molecule has 3 heterocycles. The van der Waals surface area contributed by atoms with Gasteiger partial charge >= 0.3 is 0 Å². The molecule has 6 heteroatoms. The number of imidazole rings is 1. The van der Waals surface area contributed by atoms with Crippen LogP contribution in [0.1, 0.15) is 12.7 Å². The molecule has 3 aromatic rings. The Bertz CT molecular complexity index is 761. The Hall–Kier alpha value is -1.65. The monoisotopic (exact) mass is 295 g/mol. The smallest absolute Gasteiger partial charge is 0.158 e. The molecule has 3 rings (SSSR count). The molecule has 0 saturated carbocycles. The molecule has 0 amide bonds. The Labute approximate surface area is 119 Å². The third-order valence-corrected chi connectivity index (χ3v) is 3.41. The van der Waals surface area contributed by atoms with E-state index in [2.05, 4.69) is 4.98 Å². The van der Waals surface area contributed by atoms with Gasteiger partial charge in [0.15, 0.2) is 11.4 Å². The summed E-state index contributed by atoms with van der Waals surface area (Å²) in [6.07, 6.45) is 2.50. The molecule has 0 aliphatic carbocycles. The maximum atomic E-state index is 6.11. The Kier molecular flexibility index (Phi) is 2.92. The molecule has 98 valence electrons. The Morgan fingerprint density at radius 3 is 2.84 bits per heavy atom. The summed E-state index contributed by atoms with van der Waals surface area (Å²) < 4.78 is 7.33. The van der Waals surface area contributed by atoms with Gasteiger partial charge in [0.1, 0.15) is 17.3 Å². The lowest BCUT2D eigenvalue weighted by atomic mass is 10.3. The van der Waals surface area contributed by atoms with Crippen LogP contribution in [0.15, 0.2) is 28.8 Å². The van der Waals surface area contributed by atoms with Crippen LogP contribution in [-0.4, -0.2) is 9.38 Å². The van der Waals surface area contributed by atoms with Crippen LogP contribution in [0.4, 0.5) is 5.82 Å². The minimum atomic E-state index is 0.452. The standard InChI is InChI=1S/C13H11Cl2N3O/c1-2-8-3-4-10(19-8)11-12(16)18-6-7(14)5-9(15)13(18)17-11/h3-6H,2,16H2,1H3. The SMILES string of the molecule is CCc1ccc(-c2nc3c(Cl)cc(Cl)cn3c2N)o1. The van der Waals surface area contributed by atoms with Gasteiger partial charge in [-0.1, -0.05) is 30.1 Å². The van der Waals surface area contributed by atoms with Crippen LogP contribution in [0, 0.1) is 0 Å². The quantitative estimate of drug-likeness (QED) is 0.776. The molecule has 0 aromatic carbocycles. The highest BCUT2D eigenvalue weighted by atomic mass is 35.5. The number of nitrogen functional groups attached to an aromatic ring is 1. The Morgan fingerprint density at radius 1 is 1.37 bits per heavy atom. The molecule has 0 unspecified atom stereocenters. The minimum absolute atomic E-state index is 0.452. The molecule has 19 heavy (non-hydrogen) atoms. The van der Waals surface area contributed by atoms with Crippen molar-refractivity contribution in [3.05, 3.63) is 40.2 Å². The highest BCUT2D eigenvalue weighted by Crippen LogP contribution is 2.32. The molecular weight excluding hydrogens is 285 g/mol. The molecule has 0 atom stereocenters. The van der Waals surface area contributed by atoms with E-state index in [1.807, 2.05) is 19.1 Å². The number of rotatable bonds is 2. The van der Waals surface area contributed by atoms with E-state index in [4.69, 9.17) is 33.4 Å². The number of hydrogen-bond acceptors (Lipinski definition) is 3. The topological polar surface area (TPSA) is 56.5 Å². The first-order chi connectivity index (χ1) is 9.10. The van der Waals surface area contributed by atoms with Crippen molar-refractivity contribution in [2.45, 2.75) is 13.3 Å². The van der Waals surface area contributed by atoms with Crippen molar-refractivity contribution in [1.29, 1.82) is 0 Å². The fraction of sp³-hybridized carbons (Fsp3) is 0.154. The highest BCUT2D eigenvalue weighted by Gasteiger charge is 2.16. The van der Waals surface area contributed by atoms with Crippen molar-refractivity contribution in [2.24, 2.45) is 0 Å². The molecule has 0 aliphatic heterocycles. The Balaban J connectivity index is 2.25. The van der Waals surface area contributed by atoms with Gasteiger partial charge in [0, 0.05) is 12.6 Å². The van der Waals surface area contributed by atoms with E-state index >= 15 is 0 Å². The maximum Gasteiger partial charge on any atom is 0.158 e.